The molecule has 3 amide bonds. The van der Waals surface area contributed by atoms with E-state index < -0.39 is 23.4 Å². The lowest BCUT2D eigenvalue weighted by Crippen LogP contribution is -2.62. The first-order chi connectivity index (χ1) is 14.8. The highest BCUT2D eigenvalue weighted by Gasteiger charge is 2.40. The van der Waals surface area contributed by atoms with E-state index >= 15 is 0 Å². The number of Topliss-reactive ketones (excluding diaryl/α,β-unsaturated/α-hetero) is 1. The van der Waals surface area contributed by atoms with Gasteiger partial charge in [-0.25, -0.2) is 0 Å². The Morgan fingerprint density at radius 1 is 1.10 bits per heavy atom. The number of nitrogens with zero attached hydrogens (tertiary/aromatic N) is 1. The minimum Gasteiger partial charge on any atom is -0.347 e. The van der Waals surface area contributed by atoms with Crippen LogP contribution in [0.4, 0.5) is 0 Å². The summed E-state index contributed by atoms with van der Waals surface area (Å²) in [6.45, 7) is 2.82. The van der Waals surface area contributed by atoms with Gasteiger partial charge < -0.3 is 26.6 Å². The molecule has 1 aliphatic heterocycles. The standard InChI is InChI=1S/C22H33N5O4/c1-16(28)22(9-12-27(2)13-10-22)26-21(31)18(14-17-6-4-3-5-7-17)25-20(30)15-24-19(29)8-11-23/h3-7,18H,8-15,23H2,1-2H3,(H,24,29)(H,25,30)(H,26,31)/t18-/m0/s1. The van der Waals surface area contributed by atoms with E-state index in [1.807, 2.05) is 37.4 Å². The first-order valence-corrected chi connectivity index (χ1v) is 10.6. The minimum atomic E-state index is -0.932. The maximum Gasteiger partial charge on any atom is 0.243 e. The van der Waals surface area contributed by atoms with Crippen LogP contribution in [0.5, 0.6) is 0 Å². The molecular weight excluding hydrogens is 398 g/mol. The van der Waals surface area contributed by atoms with Crippen molar-refractivity contribution >= 4 is 23.5 Å². The monoisotopic (exact) mass is 431 g/mol. The Bertz CT molecular complexity index is 775. The predicted octanol–water partition coefficient (Wildman–Crippen LogP) is -0.651. The van der Waals surface area contributed by atoms with Crippen molar-refractivity contribution in [2.24, 2.45) is 5.73 Å². The SMILES string of the molecule is CC(=O)C1(NC(=O)[C@H](Cc2ccccc2)NC(=O)CNC(=O)CCN)CCN(C)CC1. The Morgan fingerprint density at radius 2 is 1.74 bits per heavy atom. The number of rotatable bonds is 10. The maximum atomic E-state index is 13.2. The van der Waals surface area contributed by atoms with Crippen LogP contribution < -0.4 is 21.7 Å². The average molecular weight is 432 g/mol. The summed E-state index contributed by atoms with van der Waals surface area (Å²) in [4.78, 5) is 51.7. The first-order valence-electron chi connectivity index (χ1n) is 10.6. The topological polar surface area (TPSA) is 134 Å². The molecule has 1 atom stereocenters. The van der Waals surface area contributed by atoms with Gasteiger partial charge in [0.1, 0.15) is 11.6 Å². The largest absolute Gasteiger partial charge is 0.347 e. The molecule has 0 spiro atoms. The molecule has 9 heteroatoms. The maximum absolute atomic E-state index is 13.2. The summed E-state index contributed by atoms with van der Waals surface area (Å²) in [7, 11) is 1.98. The number of amides is 3. The smallest absolute Gasteiger partial charge is 0.243 e. The Morgan fingerprint density at radius 3 is 2.32 bits per heavy atom. The van der Waals surface area contributed by atoms with Gasteiger partial charge in [-0.15, -0.1) is 0 Å². The molecule has 31 heavy (non-hydrogen) atoms. The fourth-order valence-corrected chi connectivity index (χ4v) is 3.59. The van der Waals surface area contributed by atoms with Crippen LogP contribution in [0.25, 0.3) is 0 Å². The van der Waals surface area contributed by atoms with Gasteiger partial charge in [0.25, 0.3) is 0 Å². The lowest BCUT2D eigenvalue weighted by atomic mass is 9.83. The number of carbonyl (C=O) groups excluding carboxylic acids is 4. The normalized spacial score (nSPS) is 16.7. The third kappa shape index (κ3) is 7.45. The molecule has 0 aliphatic carbocycles. The lowest BCUT2D eigenvalue weighted by molar-refractivity contribution is -0.135. The van der Waals surface area contributed by atoms with Crippen molar-refractivity contribution in [3.05, 3.63) is 35.9 Å². The van der Waals surface area contributed by atoms with E-state index in [0.717, 1.165) is 5.56 Å². The third-order valence-corrected chi connectivity index (χ3v) is 5.63. The molecule has 2 rings (SSSR count). The molecule has 0 unspecified atom stereocenters. The van der Waals surface area contributed by atoms with Crippen LogP contribution in [0.3, 0.4) is 0 Å². The van der Waals surface area contributed by atoms with E-state index in [2.05, 4.69) is 20.9 Å². The number of hydrogen-bond donors (Lipinski definition) is 4. The van der Waals surface area contributed by atoms with Gasteiger partial charge in [-0.2, -0.15) is 0 Å². The van der Waals surface area contributed by atoms with Crippen molar-refractivity contribution in [1.82, 2.24) is 20.9 Å². The van der Waals surface area contributed by atoms with Crippen LogP contribution in [-0.4, -0.2) is 73.2 Å². The number of carbonyl (C=O) groups is 4. The van der Waals surface area contributed by atoms with Gasteiger partial charge in [0.05, 0.1) is 6.54 Å². The van der Waals surface area contributed by atoms with Crippen molar-refractivity contribution in [1.29, 1.82) is 0 Å². The molecular formula is C22H33N5O4. The molecule has 1 aromatic rings. The van der Waals surface area contributed by atoms with Gasteiger partial charge in [-0.1, -0.05) is 30.3 Å². The number of ketones is 1. The molecule has 0 aromatic heterocycles. The fraction of sp³-hybridized carbons (Fsp3) is 0.545. The third-order valence-electron chi connectivity index (χ3n) is 5.63. The average Bonchev–Trinajstić information content (AvgIpc) is 2.74. The van der Waals surface area contributed by atoms with E-state index in [0.29, 0.717) is 25.9 Å². The quantitative estimate of drug-likeness (QED) is 0.389. The summed E-state index contributed by atoms with van der Waals surface area (Å²) in [5.74, 6) is -1.32. The van der Waals surface area contributed by atoms with E-state index in [1.165, 1.54) is 6.92 Å². The van der Waals surface area contributed by atoms with E-state index in [1.54, 1.807) is 0 Å². The number of benzene rings is 1. The highest BCUT2D eigenvalue weighted by molar-refractivity contribution is 5.95. The molecule has 1 saturated heterocycles. The zero-order chi connectivity index (χ0) is 22.9. The summed E-state index contributed by atoms with van der Waals surface area (Å²) < 4.78 is 0. The highest BCUT2D eigenvalue weighted by Crippen LogP contribution is 2.23. The lowest BCUT2D eigenvalue weighted by Gasteiger charge is -2.40. The van der Waals surface area contributed by atoms with Crippen molar-refractivity contribution in [3.63, 3.8) is 0 Å². The van der Waals surface area contributed by atoms with Crippen LogP contribution in [0, 0.1) is 0 Å². The van der Waals surface area contributed by atoms with Crippen LogP contribution >= 0.6 is 0 Å². The molecule has 0 radical (unpaired) electrons. The van der Waals surface area contributed by atoms with Gasteiger partial charge in [0, 0.05) is 32.5 Å². The second-order valence-electron chi connectivity index (χ2n) is 8.06. The molecule has 170 valence electrons. The van der Waals surface area contributed by atoms with Crippen molar-refractivity contribution in [3.8, 4) is 0 Å². The summed E-state index contributed by atoms with van der Waals surface area (Å²) in [6, 6.07) is 8.43. The number of nitrogens with two attached hydrogens (primary N) is 1. The number of likely N-dealkylation sites (tertiary alicyclic amines) is 1. The highest BCUT2D eigenvalue weighted by atomic mass is 16.2. The predicted molar refractivity (Wildman–Crippen MR) is 117 cm³/mol. The zero-order valence-electron chi connectivity index (χ0n) is 18.3. The van der Waals surface area contributed by atoms with Crippen LogP contribution in [0.2, 0.25) is 0 Å². The second-order valence-corrected chi connectivity index (χ2v) is 8.06. The summed E-state index contributed by atoms with van der Waals surface area (Å²) >= 11 is 0. The Balaban J connectivity index is 2.11. The van der Waals surface area contributed by atoms with Gasteiger partial charge in [0.2, 0.25) is 17.7 Å². The summed E-state index contributed by atoms with van der Waals surface area (Å²) in [6.07, 6.45) is 1.43. The van der Waals surface area contributed by atoms with Crippen molar-refractivity contribution in [2.75, 3.05) is 33.2 Å². The second kappa shape index (κ2) is 11.6. The number of piperidine rings is 1. The molecule has 1 fully saturated rings. The summed E-state index contributed by atoms with van der Waals surface area (Å²) in [5, 5.41) is 8.11. The first kappa shape index (κ1) is 24.5. The Kier molecular flexibility index (Phi) is 9.14. The zero-order valence-corrected chi connectivity index (χ0v) is 18.3. The van der Waals surface area contributed by atoms with Crippen molar-refractivity contribution in [2.45, 2.75) is 44.2 Å². The number of hydrogen-bond acceptors (Lipinski definition) is 6. The Hall–Kier alpha value is -2.78. The fourth-order valence-electron chi connectivity index (χ4n) is 3.59. The molecule has 5 N–H and O–H groups in total. The minimum absolute atomic E-state index is 0.0900. The molecule has 1 aliphatic rings. The van der Waals surface area contributed by atoms with Gasteiger partial charge >= 0.3 is 0 Å². The molecule has 1 aromatic carbocycles. The molecule has 0 bridgehead atoms. The number of nitrogens with one attached hydrogen (secondary N) is 3. The van der Waals surface area contributed by atoms with E-state index in [4.69, 9.17) is 5.73 Å². The van der Waals surface area contributed by atoms with Crippen LogP contribution in [0.1, 0.15) is 31.7 Å². The molecule has 1 heterocycles. The summed E-state index contributed by atoms with van der Waals surface area (Å²) in [5.41, 5.74) is 5.27. The van der Waals surface area contributed by atoms with Crippen molar-refractivity contribution < 1.29 is 19.2 Å². The van der Waals surface area contributed by atoms with Gasteiger partial charge in [-0.3, -0.25) is 19.2 Å². The molecule has 9 nitrogen and oxygen atoms in total. The Labute approximate surface area is 183 Å². The van der Waals surface area contributed by atoms with Crippen LogP contribution in [-0.2, 0) is 25.6 Å². The van der Waals surface area contributed by atoms with Gasteiger partial charge in [0.15, 0.2) is 5.78 Å². The van der Waals surface area contributed by atoms with E-state index in [9.17, 15) is 19.2 Å². The van der Waals surface area contributed by atoms with Crippen LogP contribution in [0.15, 0.2) is 30.3 Å². The van der Waals surface area contributed by atoms with E-state index in [-0.39, 0.29) is 37.6 Å². The van der Waals surface area contributed by atoms with Gasteiger partial charge in [-0.05, 0) is 32.4 Å². The molecule has 0 saturated carbocycles.